The quantitative estimate of drug-likeness (QED) is 0.553. The van der Waals surface area contributed by atoms with Gasteiger partial charge in [-0.25, -0.2) is 0 Å². The summed E-state index contributed by atoms with van der Waals surface area (Å²) < 4.78 is 11.7. The van der Waals surface area contributed by atoms with Gasteiger partial charge in [0.2, 0.25) is 0 Å². The molecule has 1 spiro atoms. The van der Waals surface area contributed by atoms with E-state index >= 15 is 0 Å². The maximum absolute atomic E-state index is 5.94. The minimum Gasteiger partial charge on any atom is -0.370 e. The molecule has 1 aliphatic carbocycles. The second-order valence-corrected chi connectivity index (χ2v) is 4.76. The van der Waals surface area contributed by atoms with Crippen LogP contribution in [0.5, 0.6) is 0 Å². The largest absolute Gasteiger partial charge is 0.370 e. The highest BCUT2D eigenvalue weighted by Gasteiger charge is 2.43. The van der Waals surface area contributed by atoms with Crippen molar-refractivity contribution in [1.29, 1.82) is 0 Å². The molecule has 1 heterocycles. The van der Waals surface area contributed by atoms with Crippen molar-refractivity contribution in [3.8, 4) is 0 Å². The van der Waals surface area contributed by atoms with Crippen molar-refractivity contribution in [2.75, 3.05) is 27.2 Å². The third-order valence-corrected chi connectivity index (χ3v) is 3.19. The van der Waals surface area contributed by atoms with E-state index in [1.165, 1.54) is 12.8 Å². The minimum atomic E-state index is -0.285. The summed E-state index contributed by atoms with van der Waals surface area (Å²) in [7, 11) is 3.76. The van der Waals surface area contributed by atoms with Gasteiger partial charge in [-0.3, -0.25) is 4.99 Å². The van der Waals surface area contributed by atoms with Crippen molar-refractivity contribution >= 4 is 5.96 Å². The first-order valence-electron chi connectivity index (χ1n) is 5.90. The molecule has 0 bridgehead atoms. The van der Waals surface area contributed by atoms with Gasteiger partial charge in [0.25, 0.3) is 0 Å². The average Bonchev–Trinajstić information content (AvgIpc) is 2.86. The van der Waals surface area contributed by atoms with E-state index in [9.17, 15) is 0 Å². The standard InChI is InChI=1S/C11H21N3O2/c1-14(2)10(12)13-7-9-8-15-11(16-9)5-3-4-6-11/h9H,3-8H2,1-2H3,(H2,12,13). The van der Waals surface area contributed by atoms with Gasteiger partial charge in [0, 0.05) is 26.9 Å². The van der Waals surface area contributed by atoms with Gasteiger partial charge in [0.1, 0.15) is 6.10 Å². The summed E-state index contributed by atoms with van der Waals surface area (Å²) in [6, 6.07) is 0. The molecule has 0 radical (unpaired) electrons. The van der Waals surface area contributed by atoms with Crippen LogP contribution in [0.2, 0.25) is 0 Å². The molecular weight excluding hydrogens is 206 g/mol. The van der Waals surface area contributed by atoms with Crippen molar-refractivity contribution in [2.45, 2.75) is 37.6 Å². The van der Waals surface area contributed by atoms with E-state index in [0.717, 1.165) is 12.8 Å². The van der Waals surface area contributed by atoms with E-state index < -0.39 is 0 Å². The molecule has 0 aromatic heterocycles. The van der Waals surface area contributed by atoms with E-state index in [1.807, 2.05) is 14.1 Å². The molecule has 1 saturated heterocycles. The summed E-state index contributed by atoms with van der Waals surface area (Å²) in [5, 5.41) is 0. The summed E-state index contributed by atoms with van der Waals surface area (Å²) in [6.07, 6.45) is 4.52. The molecular formula is C11H21N3O2. The second kappa shape index (κ2) is 4.59. The number of hydrogen-bond donors (Lipinski definition) is 1. The minimum absolute atomic E-state index is 0.0663. The molecule has 2 N–H and O–H groups in total. The van der Waals surface area contributed by atoms with Crippen LogP contribution in [0.1, 0.15) is 25.7 Å². The zero-order chi connectivity index (χ0) is 11.6. The van der Waals surface area contributed by atoms with Crippen molar-refractivity contribution in [1.82, 2.24) is 4.90 Å². The summed E-state index contributed by atoms with van der Waals surface area (Å²) in [5.41, 5.74) is 5.72. The molecule has 1 atom stereocenters. The lowest BCUT2D eigenvalue weighted by atomic mass is 10.2. The van der Waals surface area contributed by atoms with E-state index in [1.54, 1.807) is 4.90 Å². The zero-order valence-corrected chi connectivity index (χ0v) is 10.1. The molecule has 5 nitrogen and oxygen atoms in total. The third kappa shape index (κ3) is 2.47. The number of hydrogen-bond acceptors (Lipinski definition) is 3. The molecule has 1 aliphatic heterocycles. The zero-order valence-electron chi connectivity index (χ0n) is 10.1. The Hall–Kier alpha value is -0.810. The van der Waals surface area contributed by atoms with Gasteiger partial charge in [-0.2, -0.15) is 0 Å². The van der Waals surface area contributed by atoms with Crippen LogP contribution in [0, 0.1) is 0 Å². The van der Waals surface area contributed by atoms with Gasteiger partial charge >= 0.3 is 0 Å². The predicted octanol–water partition coefficient (Wildman–Crippen LogP) is 0.548. The molecule has 2 rings (SSSR count). The van der Waals surface area contributed by atoms with Crippen molar-refractivity contribution < 1.29 is 9.47 Å². The van der Waals surface area contributed by atoms with Crippen molar-refractivity contribution in [3.63, 3.8) is 0 Å². The Balaban J connectivity index is 1.83. The Labute approximate surface area is 96.6 Å². The Morgan fingerprint density at radius 1 is 1.44 bits per heavy atom. The Kier molecular flexibility index (Phi) is 3.35. The lowest BCUT2D eigenvalue weighted by Gasteiger charge is -2.21. The Morgan fingerprint density at radius 2 is 2.12 bits per heavy atom. The maximum atomic E-state index is 5.94. The second-order valence-electron chi connectivity index (χ2n) is 4.76. The molecule has 5 heteroatoms. The van der Waals surface area contributed by atoms with Crippen molar-refractivity contribution in [2.24, 2.45) is 10.7 Å². The molecule has 1 saturated carbocycles. The molecule has 2 fully saturated rings. The van der Waals surface area contributed by atoms with Gasteiger partial charge in [-0.15, -0.1) is 0 Å². The van der Waals surface area contributed by atoms with Gasteiger partial charge in [0.05, 0.1) is 13.2 Å². The Morgan fingerprint density at radius 3 is 2.75 bits per heavy atom. The van der Waals surface area contributed by atoms with Gasteiger partial charge < -0.3 is 20.1 Å². The molecule has 16 heavy (non-hydrogen) atoms. The highest BCUT2D eigenvalue weighted by molar-refractivity contribution is 5.77. The molecule has 92 valence electrons. The first-order valence-corrected chi connectivity index (χ1v) is 5.90. The Bertz CT molecular complexity index is 272. The van der Waals surface area contributed by atoms with Gasteiger partial charge in [-0.1, -0.05) is 0 Å². The molecule has 0 amide bonds. The SMILES string of the molecule is CN(C)C(N)=NCC1COC2(CCCC2)O1. The van der Waals surface area contributed by atoms with Gasteiger partial charge in [-0.05, 0) is 12.8 Å². The van der Waals surface area contributed by atoms with Crippen LogP contribution in [0.4, 0.5) is 0 Å². The van der Waals surface area contributed by atoms with Crippen molar-refractivity contribution in [3.05, 3.63) is 0 Å². The number of aliphatic imine (C=N–C) groups is 1. The normalized spacial score (nSPS) is 28.9. The highest BCUT2D eigenvalue weighted by atomic mass is 16.7. The predicted molar refractivity (Wildman–Crippen MR) is 62.2 cm³/mol. The summed E-state index contributed by atoms with van der Waals surface area (Å²) in [4.78, 5) is 6.07. The lowest BCUT2D eigenvalue weighted by Crippen LogP contribution is -2.32. The molecule has 2 aliphatic rings. The first-order chi connectivity index (χ1) is 7.61. The van der Waals surface area contributed by atoms with Crippen LogP contribution in [0.25, 0.3) is 0 Å². The fourth-order valence-electron chi connectivity index (χ4n) is 2.22. The number of ether oxygens (including phenoxy) is 2. The van der Waals surface area contributed by atoms with E-state index in [2.05, 4.69) is 4.99 Å². The number of guanidine groups is 1. The van der Waals surface area contributed by atoms with Crippen LogP contribution >= 0.6 is 0 Å². The van der Waals surface area contributed by atoms with E-state index in [4.69, 9.17) is 15.2 Å². The van der Waals surface area contributed by atoms with Crippen LogP contribution in [0.3, 0.4) is 0 Å². The lowest BCUT2D eigenvalue weighted by molar-refractivity contribution is -0.160. The highest BCUT2D eigenvalue weighted by Crippen LogP contribution is 2.39. The number of nitrogens with two attached hydrogens (primary N) is 1. The fourth-order valence-corrected chi connectivity index (χ4v) is 2.22. The molecule has 0 aromatic carbocycles. The summed E-state index contributed by atoms with van der Waals surface area (Å²) in [5.74, 6) is 0.253. The van der Waals surface area contributed by atoms with Crippen LogP contribution in [0.15, 0.2) is 4.99 Å². The number of rotatable bonds is 2. The first kappa shape index (κ1) is 11.7. The van der Waals surface area contributed by atoms with Crippen LogP contribution in [-0.4, -0.2) is 50.0 Å². The van der Waals surface area contributed by atoms with Crippen LogP contribution in [-0.2, 0) is 9.47 Å². The monoisotopic (exact) mass is 227 g/mol. The van der Waals surface area contributed by atoms with Crippen LogP contribution < -0.4 is 5.73 Å². The number of nitrogens with zero attached hydrogens (tertiary/aromatic N) is 2. The summed E-state index contributed by atoms with van der Waals surface area (Å²) in [6.45, 7) is 1.23. The fraction of sp³-hybridized carbons (Fsp3) is 0.909. The smallest absolute Gasteiger partial charge is 0.190 e. The van der Waals surface area contributed by atoms with Gasteiger partial charge in [0.15, 0.2) is 11.7 Å². The molecule has 1 unspecified atom stereocenters. The van der Waals surface area contributed by atoms with E-state index in [-0.39, 0.29) is 11.9 Å². The van der Waals surface area contributed by atoms with E-state index in [0.29, 0.717) is 19.1 Å². The summed E-state index contributed by atoms with van der Waals surface area (Å²) >= 11 is 0. The topological polar surface area (TPSA) is 60.1 Å². The third-order valence-electron chi connectivity index (χ3n) is 3.19. The average molecular weight is 227 g/mol. The maximum Gasteiger partial charge on any atom is 0.190 e. The molecule has 0 aromatic rings.